The number of nitrogens with two attached hydrogens (primary N) is 1. The summed E-state index contributed by atoms with van der Waals surface area (Å²) in [5.41, 5.74) is 8.71. The van der Waals surface area contributed by atoms with Gasteiger partial charge in [-0.1, -0.05) is 81.4 Å². The molecule has 0 unspecified atom stereocenters. The minimum Gasteiger partial charge on any atom is -0.330 e. The summed E-state index contributed by atoms with van der Waals surface area (Å²) < 4.78 is 3.89. The number of imidazole rings is 1. The molecule has 2 heterocycles. The number of rotatable bonds is 10. The van der Waals surface area contributed by atoms with Crippen molar-refractivity contribution < 1.29 is 4.79 Å². The number of carbonyl (C=O) groups excluding carboxylic acids is 1. The summed E-state index contributed by atoms with van der Waals surface area (Å²) in [5, 5.41) is 7.70. The maximum Gasteiger partial charge on any atom is 0.243 e. The van der Waals surface area contributed by atoms with Crippen LogP contribution in [0.4, 0.5) is 0 Å². The molecule has 2 aromatic heterocycles. The lowest BCUT2D eigenvalue weighted by molar-refractivity contribution is -0.137. The van der Waals surface area contributed by atoms with Crippen LogP contribution in [0.15, 0.2) is 79.5 Å². The molecule has 0 fully saturated rings. The lowest BCUT2D eigenvalue weighted by Gasteiger charge is -2.40. The molecule has 0 aliphatic carbocycles. The average molecular weight is 486 g/mol. The molecule has 0 aliphatic heterocycles. The van der Waals surface area contributed by atoms with E-state index >= 15 is 0 Å². The maximum atomic E-state index is 13.7. The van der Waals surface area contributed by atoms with Gasteiger partial charge in [-0.3, -0.25) is 4.79 Å². The molecule has 1 atom stereocenters. The van der Waals surface area contributed by atoms with Crippen molar-refractivity contribution in [2.24, 2.45) is 11.1 Å². The fourth-order valence-electron chi connectivity index (χ4n) is 4.51. The number of hydrogen-bond acceptors (Lipinski definition) is 5. The van der Waals surface area contributed by atoms with Crippen molar-refractivity contribution in [3.63, 3.8) is 0 Å². The molecule has 36 heavy (non-hydrogen) atoms. The summed E-state index contributed by atoms with van der Waals surface area (Å²) in [7, 11) is 0. The highest BCUT2D eigenvalue weighted by Gasteiger charge is 2.38. The van der Waals surface area contributed by atoms with Crippen LogP contribution < -0.4 is 5.73 Å². The minimum atomic E-state index is -0.287. The maximum absolute atomic E-state index is 13.7. The molecular weight excluding hydrogens is 450 g/mol. The van der Waals surface area contributed by atoms with Gasteiger partial charge in [-0.15, -0.1) is 10.2 Å². The van der Waals surface area contributed by atoms with E-state index in [1.807, 2.05) is 41.3 Å². The number of benzene rings is 2. The summed E-state index contributed by atoms with van der Waals surface area (Å²) in [4.78, 5) is 20.8. The van der Waals surface area contributed by atoms with Crippen LogP contribution in [0.2, 0.25) is 0 Å². The van der Waals surface area contributed by atoms with Crippen LogP contribution in [0.5, 0.6) is 0 Å². The third kappa shape index (κ3) is 6.07. The van der Waals surface area contributed by atoms with Crippen LogP contribution >= 0.6 is 0 Å². The van der Waals surface area contributed by atoms with Crippen LogP contribution in [0.25, 0.3) is 11.3 Å². The normalized spacial score (nSPS) is 12.4. The number of hydrogen-bond donors (Lipinski definition) is 1. The molecule has 0 saturated carbocycles. The number of amides is 1. The third-order valence-electron chi connectivity index (χ3n) is 6.16. The van der Waals surface area contributed by atoms with Gasteiger partial charge in [0.2, 0.25) is 5.91 Å². The lowest BCUT2D eigenvalue weighted by atomic mass is 9.84. The number of nitrogens with zero attached hydrogens (tertiary/aromatic N) is 6. The zero-order chi connectivity index (χ0) is 25.5. The molecule has 0 bridgehead atoms. The summed E-state index contributed by atoms with van der Waals surface area (Å²) in [6.45, 7) is 8.33. The second-order valence-electron chi connectivity index (χ2n) is 10.1. The molecule has 0 saturated heterocycles. The standard InChI is InChI=1S/C28H35N7O/c1-28(2,3)26(35(16-10-15-29)25(36)19-33-20-30-31-21-33)27-32-24(23-13-8-5-9-14-23)18-34(27)17-22-11-6-4-7-12-22/h4-9,11-14,18,20-21,26H,10,15-17,19,29H2,1-3H3/t26-/m0/s1. The monoisotopic (exact) mass is 485 g/mol. The van der Waals surface area contributed by atoms with E-state index in [1.54, 1.807) is 17.2 Å². The van der Waals surface area contributed by atoms with Gasteiger partial charge in [0.25, 0.3) is 0 Å². The predicted octanol–water partition coefficient (Wildman–Crippen LogP) is 4.15. The molecule has 2 N–H and O–H groups in total. The molecule has 0 spiro atoms. The Labute approximate surface area is 212 Å². The van der Waals surface area contributed by atoms with Crippen LogP contribution in [-0.2, 0) is 17.9 Å². The fraction of sp³-hybridized carbons (Fsp3) is 0.357. The van der Waals surface area contributed by atoms with Gasteiger partial charge in [0.15, 0.2) is 0 Å². The molecule has 8 nitrogen and oxygen atoms in total. The first-order valence-electron chi connectivity index (χ1n) is 12.3. The lowest BCUT2D eigenvalue weighted by Crippen LogP contribution is -2.44. The highest BCUT2D eigenvalue weighted by Crippen LogP contribution is 2.39. The largest absolute Gasteiger partial charge is 0.330 e. The van der Waals surface area contributed by atoms with Crippen LogP contribution in [0.1, 0.15) is 44.6 Å². The first-order chi connectivity index (χ1) is 17.4. The smallest absolute Gasteiger partial charge is 0.243 e. The summed E-state index contributed by atoms with van der Waals surface area (Å²) in [5.74, 6) is 0.845. The van der Waals surface area contributed by atoms with Gasteiger partial charge < -0.3 is 19.8 Å². The van der Waals surface area contributed by atoms with E-state index in [0.717, 1.165) is 17.1 Å². The van der Waals surface area contributed by atoms with Gasteiger partial charge in [0.05, 0.1) is 11.7 Å². The van der Waals surface area contributed by atoms with Crippen molar-refractivity contribution in [2.45, 2.75) is 46.3 Å². The van der Waals surface area contributed by atoms with Gasteiger partial charge in [-0.2, -0.15) is 0 Å². The Morgan fingerprint density at radius 1 is 1.00 bits per heavy atom. The van der Waals surface area contributed by atoms with E-state index in [-0.39, 0.29) is 23.9 Å². The van der Waals surface area contributed by atoms with Crippen molar-refractivity contribution >= 4 is 5.91 Å². The van der Waals surface area contributed by atoms with Crippen molar-refractivity contribution in [1.82, 2.24) is 29.2 Å². The summed E-state index contributed by atoms with van der Waals surface area (Å²) in [6, 6.07) is 20.2. The summed E-state index contributed by atoms with van der Waals surface area (Å²) in [6.07, 6.45) is 5.93. The van der Waals surface area contributed by atoms with E-state index < -0.39 is 0 Å². The van der Waals surface area contributed by atoms with E-state index in [0.29, 0.717) is 26.1 Å². The Kier molecular flexibility index (Phi) is 7.95. The molecular formula is C28H35N7O. The first kappa shape index (κ1) is 25.3. The molecule has 0 aliphatic rings. The number of aromatic nitrogens is 5. The highest BCUT2D eigenvalue weighted by atomic mass is 16.2. The van der Waals surface area contributed by atoms with E-state index in [1.165, 1.54) is 5.56 Å². The molecule has 188 valence electrons. The second-order valence-corrected chi connectivity index (χ2v) is 10.1. The van der Waals surface area contributed by atoms with Crippen LogP contribution in [0, 0.1) is 5.41 Å². The average Bonchev–Trinajstić information content (AvgIpc) is 3.52. The Morgan fingerprint density at radius 3 is 2.25 bits per heavy atom. The minimum absolute atomic E-state index is 0.0151. The predicted molar refractivity (Wildman–Crippen MR) is 141 cm³/mol. The van der Waals surface area contributed by atoms with Gasteiger partial charge in [0, 0.05) is 24.8 Å². The van der Waals surface area contributed by atoms with Crippen molar-refractivity contribution in [1.29, 1.82) is 0 Å². The van der Waals surface area contributed by atoms with Crippen molar-refractivity contribution in [2.75, 3.05) is 13.1 Å². The zero-order valence-electron chi connectivity index (χ0n) is 21.3. The topological polar surface area (TPSA) is 94.9 Å². The van der Waals surface area contributed by atoms with E-state index in [9.17, 15) is 4.79 Å². The Morgan fingerprint density at radius 2 is 1.64 bits per heavy atom. The second kappa shape index (κ2) is 11.3. The zero-order valence-corrected chi connectivity index (χ0v) is 21.3. The summed E-state index contributed by atoms with van der Waals surface area (Å²) >= 11 is 0. The highest BCUT2D eigenvalue weighted by molar-refractivity contribution is 5.76. The van der Waals surface area contributed by atoms with Gasteiger partial charge in [0.1, 0.15) is 25.0 Å². The molecule has 4 aromatic rings. The Bertz CT molecular complexity index is 1230. The number of carbonyl (C=O) groups is 1. The SMILES string of the molecule is CC(C)(C)[C@H](c1nc(-c2ccccc2)cn1Cc1ccccc1)N(CCCN)C(=O)Cn1cnnc1. The fourth-order valence-corrected chi connectivity index (χ4v) is 4.51. The molecule has 0 radical (unpaired) electrons. The van der Waals surface area contributed by atoms with Gasteiger partial charge >= 0.3 is 0 Å². The Hall–Kier alpha value is -3.78. The van der Waals surface area contributed by atoms with Crippen molar-refractivity contribution in [3.05, 3.63) is 90.9 Å². The first-order valence-corrected chi connectivity index (χ1v) is 12.3. The van der Waals surface area contributed by atoms with Gasteiger partial charge in [-0.25, -0.2) is 4.98 Å². The van der Waals surface area contributed by atoms with E-state index in [4.69, 9.17) is 10.7 Å². The molecule has 4 rings (SSSR count). The Balaban J connectivity index is 1.81. The molecule has 1 amide bonds. The molecule has 8 heteroatoms. The third-order valence-corrected chi connectivity index (χ3v) is 6.16. The van der Waals surface area contributed by atoms with Gasteiger partial charge in [-0.05, 0) is 23.9 Å². The van der Waals surface area contributed by atoms with Crippen LogP contribution in [0.3, 0.4) is 0 Å². The quantitative estimate of drug-likeness (QED) is 0.364. The van der Waals surface area contributed by atoms with Crippen molar-refractivity contribution in [3.8, 4) is 11.3 Å². The molecule has 2 aromatic carbocycles. The van der Waals surface area contributed by atoms with E-state index in [2.05, 4.69) is 66.0 Å². The van der Waals surface area contributed by atoms with Crippen LogP contribution in [-0.4, -0.2) is 48.2 Å².